The number of ether oxygens (including phenoxy) is 1. The Morgan fingerprint density at radius 1 is 1.13 bits per heavy atom. The van der Waals surface area contributed by atoms with Crippen LogP contribution in [-0.2, 0) is 0 Å². The predicted octanol–water partition coefficient (Wildman–Crippen LogP) is 5.32. The highest BCUT2D eigenvalue weighted by Gasteiger charge is 2.42. The highest BCUT2D eigenvalue weighted by atomic mass is 19.4. The fourth-order valence-corrected chi connectivity index (χ4v) is 3.86. The van der Waals surface area contributed by atoms with Crippen LogP contribution in [0.2, 0.25) is 0 Å². The van der Waals surface area contributed by atoms with E-state index >= 15 is 0 Å². The molecule has 0 spiro atoms. The van der Waals surface area contributed by atoms with Crippen molar-refractivity contribution < 1.29 is 22.7 Å². The number of halogens is 3. The Kier molecular flexibility index (Phi) is 5.37. The van der Waals surface area contributed by atoms with Crippen molar-refractivity contribution in [3.8, 4) is 17.0 Å². The monoisotopic (exact) mass is 414 g/mol. The van der Waals surface area contributed by atoms with Crippen LogP contribution in [0.3, 0.4) is 0 Å². The molecule has 1 aliphatic heterocycles. The molecular weight excluding hydrogens is 393 g/mol. The number of likely N-dealkylation sites (tertiary alicyclic amines) is 1. The molecule has 1 atom stereocenters. The number of aromatic nitrogens is 1. The van der Waals surface area contributed by atoms with Crippen LogP contribution in [0.5, 0.6) is 5.75 Å². The number of alkyl halides is 3. The Balaban J connectivity index is 1.74. The number of para-hydroxylation sites is 1. The lowest BCUT2D eigenvalue weighted by atomic mass is 9.96. The van der Waals surface area contributed by atoms with E-state index in [4.69, 9.17) is 4.74 Å². The third-order valence-electron chi connectivity index (χ3n) is 5.50. The first-order chi connectivity index (χ1) is 14.4. The van der Waals surface area contributed by atoms with E-state index in [2.05, 4.69) is 4.98 Å². The van der Waals surface area contributed by atoms with Crippen LogP contribution in [0, 0.1) is 5.92 Å². The summed E-state index contributed by atoms with van der Waals surface area (Å²) in [5.41, 5.74) is 2.37. The summed E-state index contributed by atoms with van der Waals surface area (Å²) in [5, 5.41) is 0.633. The zero-order chi connectivity index (χ0) is 21.3. The second-order valence-electron chi connectivity index (χ2n) is 7.43. The molecule has 2 aromatic carbocycles. The van der Waals surface area contributed by atoms with Crippen LogP contribution in [0.1, 0.15) is 23.2 Å². The molecule has 3 aromatic rings. The van der Waals surface area contributed by atoms with Gasteiger partial charge in [0, 0.05) is 24.0 Å². The Labute approximate surface area is 172 Å². The molecule has 0 N–H and O–H groups in total. The molecule has 1 fully saturated rings. The van der Waals surface area contributed by atoms with Gasteiger partial charge in [-0.15, -0.1) is 0 Å². The molecule has 1 saturated heterocycles. The lowest BCUT2D eigenvalue weighted by Gasteiger charge is -2.34. The highest BCUT2D eigenvalue weighted by Crippen LogP contribution is 2.34. The van der Waals surface area contributed by atoms with E-state index < -0.39 is 18.0 Å². The minimum absolute atomic E-state index is 0.0570. The molecule has 0 saturated carbocycles. The van der Waals surface area contributed by atoms with Crippen LogP contribution in [0.15, 0.2) is 54.6 Å². The summed E-state index contributed by atoms with van der Waals surface area (Å²) in [7, 11) is 1.58. The maximum Gasteiger partial charge on any atom is 0.393 e. The van der Waals surface area contributed by atoms with Gasteiger partial charge in [-0.3, -0.25) is 4.79 Å². The summed E-state index contributed by atoms with van der Waals surface area (Å²) in [6, 6.07) is 16.1. The van der Waals surface area contributed by atoms with Crippen molar-refractivity contribution in [2.45, 2.75) is 19.0 Å². The Morgan fingerprint density at radius 3 is 2.57 bits per heavy atom. The standard InChI is InChI=1S/C23H21F3N2O2/c1-30-17-10-8-15(9-11-17)21-13-19(18-6-2-3-7-20(18)27-21)22(29)28-12-4-5-16(14-28)23(24,25)26/h2-3,6-11,13,16H,4-5,12,14H2,1H3/t16-/m0/s1. The number of piperidine rings is 1. The number of rotatable bonds is 3. The van der Waals surface area contributed by atoms with Crippen molar-refractivity contribution >= 4 is 16.8 Å². The van der Waals surface area contributed by atoms with Gasteiger partial charge in [0.05, 0.1) is 29.8 Å². The topological polar surface area (TPSA) is 42.4 Å². The number of amides is 1. The first kappa shape index (κ1) is 20.2. The van der Waals surface area contributed by atoms with E-state index in [1.807, 2.05) is 18.2 Å². The minimum Gasteiger partial charge on any atom is -0.497 e. The number of carbonyl (C=O) groups excluding carboxylic acids is 1. The van der Waals surface area contributed by atoms with Crippen LogP contribution in [0.4, 0.5) is 13.2 Å². The molecule has 1 amide bonds. The molecule has 4 rings (SSSR count). The van der Waals surface area contributed by atoms with E-state index in [0.29, 0.717) is 40.9 Å². The molecule has 0 bridgehead atoms. The van der Waals surface area contributed by atoms with Crippen LogP contribution >= 0.6 is 0 Å². The largest absolute Gasteiger partial charge is 0.497 e. The summed E-state index contributed by atoms with van der Waals surface area (Å²) >= 11 is 0. The fraction of sp³-hybridized carbons (Fsp3) is 0.304. The molecule has 7 heteroatoms. The van der Waals surface area contributed by atoms with Gasteiger partial charge in [0.2, 0.25) is 0 Å². The normalized spacial score (nSPS) is 17.2. The first-order valence-corrected chi connectivity index (χ1v) is 9.77. The molecule has 2 heterocycles. The Morgan fingerprint density at radius 2 is 1.87 bits per heavy atom. The van der Waals surface area contributed by atoms with Gasteiger partial charge in [0.25, 0.3) is 5.91 Å². The van der Waals surface area contributed by atoms with Crippen molar-refractivity contribution in [2.75, 3.05) is 20.2 Å². The number of benzene rings is 2. The molecule has 0 unspecified atom stereocenters. The van der Waals surface area contributed by atoms with Crippen molar-refractivity contribution in [3.63, 3.8) is 0 Å². The predicted molar refractivity (Wildman–Crippen MR) is 108 cm³/mol. The van der Waals surface area contributed by atoms with Crippen molar-refractivity contribution in [1.82, 2.24) is 9.88 Å². The fourth-order valence-electron chi connectivity index (χ4n) is 3.86. The maximum absolute atomic E-state index is 13.3. The number of hydrogen-bond donors (Lipinski definition) is 0. The molecular formula is C23H21F3N2O2. The zero-order valence-electron chi connectivity index (χ0n) is 16.4. The van der Waals surface area contributed by atoms with Gasteiger partial charge in [0.15, 0.2) is 0 Å². The number of fused-ring (bicyclic) bond motifs is 1. The van der Waals surface area contributed by atoms with Gasteiger partial charge in [-0.1, -0.05) is 18.2 Å². The van der Waals surface area contributed by atoms with Crippen molar-refractivity contribution in [2.24, 2.45) is 5.92 Å². The molecule has 0 radical (unpaired) electrons. The first-order valence-electron chi connectivity index (χ1n) is 9.77. The number of carbonyl (C=O) groups is 1. The smallest absolute Gasteiger partial charge is 0.393 e. The number of nitrogens with zero attached hydrogens (tertiary/aromatic N) is 2. The van der Waals surface area contributed by atoms with Gasteiger partial charge in [-0.05, 0) is 49.2 Å². The second-order valence-corrected chi connectivity index (χ2v) is 7.43. The van der Waals surface area contributed by atoms with Crippen molar-refractivity contribution in [3.05, 3.63) is 60.2 Å². The summed E-state index contributed by atoms with van der Waals surface area (Å²) in [6.07, 6.45) is -3.90. The molecule has 1 aromatic heterocycles. The lowest BCUT2D eigenvalue weighted by molar-refractivity contribution is -0.184. The average Bonchev–Trinajstić information content (AvgIpc) is 2.77. The van der Waals surface area contributed by atoms with Crippen molar-refractivity contribution in [1.29, 1.82) is 0 Å². The summed E-state index contributed by atoms with van der Waals surface area (Å²) in [4.78, 5) is 19.3. The Hall–Kier alpha value is -3.09. The highest BCUT2D eigenvalue weighted by molar-refractivity contribution is 6.07. The third kappa shape index (κ3) is 3.97. The maximum atomic E-state index is 13.3. The molecule has 4 nitrogen and oxygen atoms in total. The van der Waals surface area contributed by atoms with E-state index in [0.717, 1.165) is 5.56 Å². The van der Waals surface area contributed by atoms with E-state index in [9.17, 15) is 18.0 Å². The summed E-state index contributed by atoms with van der Waals surface area (Å²) < 4.78 is 44.8. The molecule has 156 valence electrons. The number of methoxy groups -OCH3 is 1. The Bertz CT molecular complexity index is 1060. The quantitative estimate of drug-likeness (QED) is 0.582. The van der Waals surface area contributed by atoms with E-state index in [-0.39, 0.29) is 13.0 Å². The van der Waals surface area contributed by atoms with Gasteiger partial charge in [0.1, 0.15) is 5.75 Å². The SMILES string of the molecule is COc1ccc(-c2cc(C(=O)N3CCC[C@H](C(F)(F)F)C3)c3ccccc3n2)cc1. The summed E-state index contributed by atoms with van der Waals surface area (Å²) in [6.45, 7) is 0.0107. The van der Waals surface area contributed by atoms with Crippen LogP contribution in [0.25, 0.3) is 22.2 Å². The average molecular weight is 414 g/mol. The second kappa shape index (κ2) is 7.97. The van der Waals surface area contributed by atoms with Gasteiger partial charge >= 0.3 is 6.18 Å². The molecule has 30 heavy (non-hydrogen) atoms. The third-order valence-corrected chi connectivity index (χ3v) is 5.50. The molecule has 0 aliphatic carbocycles. The van der Waals surface area contributed by atoms with Gasteiger partial charge < -0.3 is 9.64 Å². The molecule has 1 aliphatic rings. The minimum atomic E-state index is -4.30. The summed E-state index contributed by atoms with van der Waals surface area (Å²) in [5.74, 6) is -1.18. The van der Waals surface area contributed by atoms with Gasteiger partial charge in [-0.25, -0.2) is 4.98 Å². The zero-order valence-corrected chi connectivity index (χ0v) is 16.4. The van der Waals surface area contributed by atoms with Gasteiger partial charge in [-0.2, -0.15) is 13.2 Å². The number of pyridine rings is 1. The van der Waals surface area contributed by atoms with Crippen LogP contribution in [-0.4, -0.2) is 42.2 Å². The lowest BCUT2D eigenvalue weighted by Crippen LogP contribution is -2.44. The number of hydrogen-bond acceptors (Lipinski definition) is 3. The van der Waals surface area contributed by atoms with E-state index in [1.54, 1.807) is 43.5 Å². The van der Waals surface area contributed by atoms with E-state index in [1.165, 1.54) is 4.90 Å². The van der Waals surface area contributed by atoms with Crippen LogP contribution < -0.4 is 4.74 Å².